The SMILES string of the molecule is CN=C(NCCCNC(=O)c1cccc(Br)c1)NCCCOCC1CC1.I. The highest BCUT2D eigenvalue weighted by Gasteiger charge is 2.20. The van der Waals surface area contributed by atoms with E-state index in [1.807, 2.05) is 18.2 Å². The number of aliphatic imine (C=N–C) groups is 1. The maximum atomic E-state index is 12.0. The van der Waals surface area contributed by atoms with Gasteiger partial charge in [0.1, 0.15) is 0 Å². The van der Waals surface area contributed by atoms with Crippen LogP contribution < -0.4 is 16.0 Å². The summed E-state index contributed by atoms with van der Waals surface area (Å²) in [5.74, 6) is 1.55. The number of carbonyl (C=O) groups is 1. The monoisotopic (exact) mass is 552 g/mol. The lowest BCUT2D eigenvalue weighted by Crippen LogP contribution is -2.39. The normalized spacial score (nSPS) is 13.6. The smallest absolute Gasteiger partial charge is 0.251 e. The molecule has 0 aliphatic heterocycles. The van der Waals surface area contributed by atoms with Crippen LogP contribution in [0.1, 0.15) is 36.0 Å². The molecule has 152 valence electrons. The van der Waals surface area contributed by atoms with Crippen LogP contribution in [0.25, 0.3) is 0 Å². The first-order valence-electron chi connectivity index (χ1n) is 9.25. The van der Waals surface area contributed by atoms with Gasteiger partial charge in [-0.05, 0) is 49.8 Å². The number of hydrogen-bond acceptors (Lipinski definition) is 3. The summed E-state index contributed by atoms with van der Waals surface area (Å²) in [7, 11) is 1.76. The highest BCUT2D eigenvalue weighted by atomic mass is 127. The number of guanidine groups is 1. The Morgan fingerprint density at radius 1 is 1.19 bits per heavy atom. The Kier molecular flexibility index (Phi) is 12.7. The van der Waals surface area contributed by atoms with Gasteiger partial charge in [-0.1, -0.05) is 22.0 Å². The van der Waals surface area contributed by atoms with Gasteiger partial charge in [-0.25, -0.2) is 0 Å². The third-order valence-electron chi connectivity index (χ3n) is 4.05. The maximum Gasteiger partial charge on any atom is 0.251 e. The molecule has 3 N–H and O–H groups in total. The summed E-state index contributed by atoms with van der Waals surface area (Å²) in [4.78, 5) is 16.2. The van der Waals surface area contributed by atoms with Gasteiger partial charge in [-0.15, -0.1) is 24.0 Å². The van der Waals surface area contributed by atoms with Gasteiger partial charge in [0.2, 0.25) is 0 Å². The molecule has 27 heavy (non-hydrogen) atoms. The topological polar surface area (TPSA) is 74.8 Å². The molecule has 0 saturated heterocycles. The van der Waals surface area contributed by atoms with E-state index in [2.05, 4.69) is 36.9 Å². The molecular weight excluding hydrogens is 523 g/mol. The zero-order chi connectivity index (χ0) is 18.6. The first kappa shape index (κ1) is 24.2. The summed E-state index contributed by atoms with van der Waals surface area (Å²) in [6.45, 7) is 3.91. The van der Waals surface area contributed by atoms with Gasteiger partial charge in [0.15, 0.2) is 5.96 Å². The van der Waals surface area contributed by atoms with Crippen LogP contribution >= 0.6 is 39.9 Å². The lowest BCUT2D eigenvalue weighted by molar-refractivity contribution is 0.0953. The van der Waals surface area contributed by atoms with Crippen LogP contribution in [0.3, 0.4) is 0 Å². The van der Waals surface area contributed by atoms with Crippen molar-refractivity contribution in [3.63, 3.8) is 0 Å². The molecule has 1 aromatic rings. The van der Waals surface area contributed by atoms with E-state index in [-0.39, 0.29) is 29.9 Å². The Morgan fingerprint density at radius 2 is 1.89 bits per heavy atom. The molecule has 8 heteroatoms. The fourth-order valence-electron chi connectivity index (χ4n) is 2.37. The van der Waals surface area contributed by atoms with E-state index in [4.69, 9.17) is 4.74 Å². The number of ether oxygens (including phenoxy) is 1. The molecule has 1 saturated carbocycles. The molecule has 1 amide bonds. The largest absolute Gasteiger partial charge is 0.381 e. The van der Waals surface area contributed by atoms with Crippen molar-refractivity contribution in [3.05, 3.63) is 34.3 Å². The predicted molar refractivity (Wildman–Crippen MR) is 124 cm³/mol. The zero-order valence-corrected chi connectivity index (χ0v) is 19.7. The Morgan fingerprint density at radius 3 is 2.56 bits per heavy atom. The van der Waals surface area contributed by atoms with Crippen LogP contribution in [0.15, 0.2) is 33.7 Å². The third kappa shape index (κ3) is 10.9. The van der Waals surface area contributed by atoms with E-state index in [0.29, 0.717) is 12.1 Å². The molecular formula is C19H30BrIN4O2. The number of nitrogens with zero attached hydrogens (tertiary/aromatic N) is 1. The van der Waals surface area contributed by atoms with Gasteiger partial charge in [0.25, 0.3) is 5.91 Å². The third-order valence-corrected chi connectivity index (χ3v) is 4.54. The number of hydrogen-bond donors (Lipinski definition) is 3. The summed E-state index contributed by atoms with van der Waals surface area (Å²) in [6, 6.07) is 7.37. The van der Waals surface area contributed by atoms with Crippen molar-refractivity contribution in [2.45, 2.75) is 25.7 Å². The quantitative estimate of drug-likeness (QED) is 0.171. The molecule has 0 aromatic heterocycles. The molecule has 2 rings (SSSR count). The van der Waals surface area contributed by atoms with E-state index in [0.717, 1.165) is 55.5 Å². The van der Waals surface area contributed by atoms with Crippen molar-refractivity contribution in [2.75, 3.05) is 39.9 Å². The van der Waals surface area contributed by atoms with Gasteiger partial charge >= 0.3 is 0 Å². The van der Waals surface area contributed by atoms with Crippen molar-refractivity contribution < 1.29 is 9.53 Å². The van der Waals surface area contributed by atoms with E-state index in [1.165, 1.54) is 12.8 Å². The second kappa shape index (κ2) is 14.2. The molecule has 0 unspecified atom stereocenters. The minimum absolute atomic E-state index is 0. The van der Waals surface area contributed by atoms with Crippen molar-refractivity contribution >= 4 is 51.8 Å². The first-order chi connectivity index (χ1) is 12.7. The summed E-state index contributed by atoms with van der Waals surface area (Å²) in [5.41, 5.74) is 0.661. The highest BCUT2D eigenvalue weighted by Crippen LogP contribution is 2.28. The van der Waals surface area contributed by atoms with Crippen molar-refractivity contribution in [2.24, 2.45) is 10.9 Å². The van der Waals surface area contributed by atoms with Crippen LogP contribution in [0.5, 0.6) is 0 Å². The van der Waals surface area contributed by atoms with E-state index >= 15 is 0 Å². The highest BCUT2D eigenvalue weighted by molar-refractivity contribution is 14.0. The Hall–Kier alpha value is -0.870. The standard InChI is InChI=1S/C19H29BrN4O2.HI/c1-21-19(24-11-4-12-26-14-15-7-8-15)23-10-3-9-22-18(25)16-5-2-6-17(20)13-16;/h2,5-6,13,15H,3-4,7-12,14H2,1H3,(H,22,25)(H2,21,23,24);1H. The molecule has 0 radical (unpaired) electrons. The zero-order valence-electron chi connectivity index (χ0n) is 15.8. The van der Waals surface area contributed by atoms with Gasteiger partial charge in [0.05, 0.1) is 0 Å². The van der Waals surface area contributed by atoms with Gasteiger partial charge < -0.3 is 20.7 Å². The predicted octanol–water partition coefficient (Wildman–Crippen LogP) is 3.17. The molecule has 0 spiro atoms. The molecule has 0 atom stereocenters. The van der Waals surface area contributed by atoms with Crippen molar-refractivity contribution in [1.29, 1.82) is 0 Å². The van der Waals surface area contributed by atoms with Crippen LogP contribution in [0.4, 0.5) is 0 Å². The summed E-state index contributed by atoms with van der Waals surface area (Å²) in [5, 5.41) is 9.44. The molecule has 1 fully saturated rings. The molecule has 0 bridgehead atoms. The summed E-state index contributed by atoms with van der Waals surface area (Å²) in [6.07, 6.45) is 4.46. The molecule has 1 aromatic carbocycles. The van der Waals surface area contributed by atoms with Crippen molar-refractivity contribution in [3.8, 4) is 0 Å². The van der Waals surface area contributed by atoms with E-state index in [1.54, 1.807) is 13.1 Å². The summed E-state index contributed by atoms with van der Waals surface area (Å²) >= 11 is 3.37. The fraction of sp³-hybridized carbons (Fsp3) is 0.579. The lowest BCUT2D eigenvalue weighted by atomic mass is 10.2. The van der Waals surface area contributed by atoms with Gasteiger partial charge in [-0.2, -0.15) is 0 Å². The number of benzene rings is 1. The minimum Gasteiger partial charge on any atom is -0.381 e. The summed E-state index contributed by atoms with van der Waals surface area (Å²) < 4.78 is 6.51. The van der Waals surface area contributed by atoms with Crippen LogP contribution in [0.2, 0.25) is 0 Å². The Bertz CT molecular complexity index is 597. The molecule has 0 heterocycles. The Balaban J connectivity index is 0.00000364. The average Bonchev–Trinajstić information content (AvgIpc) is 3.46. The number of halogens is 2. The van der Waals surface area contributed by atoms with Crippen LogP contribution in [-0.2, 0) is 4.74 Å². The van der Waals surface area contributed by atoms with Crippen LogP contribution in [0, 0.1) is 5.92 Å². The lowest BCUT2D eigenvalue weighted by Gasteiger charge is -2.12. The number of carbonyl (C=O) groups excluding carboxylic acids is 1. The van der Waals surface area contributed by atoms with Crippen LogP contribution in [-0.4, -0.2) is 51.8 Å². The second-order valence-electron chi connectivity index (χ2n) is 6.42. The average molecular weight is 553 g/mol. The second-order valence-corrected chi connectivity index (χ2v) is 7.33. The minimum atomic E-state index is -0.0556. The first-order valence-corrected chi connectivity index (χ1v) is 10.0. The van der Waals surface area contributed by atoms with Gasteiger partial charge in [0, 0.05) is 49.9 Å². The number of amides is 1. The molecule has 1 aliphatic carbocycles. The van der Waals surface area contributed by atoms with E-state index < -0.39 is 0 Å². The maximum absolute atomic E-state index is 12.0. The van der Waals surface area contributed by atoms with Gasteiger partial charge in [-0.3, -0.25) is 9.79 Å². The Labute approximate surface area is 187 Å². The molecule has 6 nitrogen and oxygen atoms in total. The molecule has 1 aliphatic rings. The van der Waals surface area contributed by atoms with Crippen molar-refractivity contribution in [1.82, 2.24) is 16.0 Å². The number of rotatable bonds is 11. The van der Waals surface area contributed by atoms with E-state index in [9.17, 15) is 4.79 Å². The fourth-order valence-corrected chi connectivity index (χ4v) is 2.76. The number of nitrogens with one attached hydrogen (secondary N) is 3.